The van der Waals surface area contributed by atoms with Crippen LogP contribution in [0, 0.1) is 11.3 Å². The minimum absolute atomic E-state index is 0.0240. The van der Waals surface area contributed by atoms with Crippen molar-refractivity contribution in [2.75, 3.05) is 6.54 Å². The maximum atomic E-state index is 14.0. The molecule has 0 fully saturated rings. The summed E-state index contributed by atoms with van der Waals surface area (Å²) >= 11 is 6.08. The minimum Gasteiger partial charge on any atom is -0.331 e. The summed E-state index contributed by atoms with van der Waals surface area (Å²) in [4.78, 5) is 35.2. The summed E-state index contributed by atoms with van der Waals surface area (Å²) in [5.41, 5.74) is 4.72. The highest BCUT2D eigenvalue weighted by Crippen LogP contribution is 2.35. The lowest BCUT2D eigenvalue weighted by Gasteiger charge is -2.37. The minimum atomic E-state index is -0.208. The molecule has 0 radical (unpaired) electrons. The van der Waals surface area contributed by atoms with E-state index in [1.54, 1.807) is 28.0 Å². The molecular formula is C29H27ClN8O2. The third kappa shape index (κ3) is 4.23. The van der Waals surface area contributed by atoms with Gasteiger partial charge in [-0.15, -0.1) is 0 Å². The molecule has 202 valence electrons. The van der Waals surface area contributed by atoms with Crippen LogP contribution in [0.1, 0.15) is 76.1 Å². The number of halogens is 1. The molecule has 0 aliphatic carbocycles. The number of rotatable bonds is 4. The van der Waals surface area contributed by atoms with Gasteiger partial charge in [0.25, 0.3) is 11.8 Å². The summed E-state index contributed by atoms with van der Waals surface area (Å²) in [5.74, 6) is -0.305. The molecule has 2 aliphatic rings. The number of benzene rings is 2. The van der Waals surface area contributed by atoms with Crippen molar-refractivity contribution in [1.82, 2.24) is 34.3 Å². The zero-order valence-electron chi connectivity index (χ0n) is 22.3. The van der Waals surface area contributed by atoms with Crippen molar-refractivity contribution >= 4 is 23.4 Å². The van der Waals surface area contributed by atoms with Crippen LogP contribution in [-0.4, -0.2) is 58.7 Å². The Morgan fingerprint density at radius 1 is 1.15 bits per heavy atom. The van der Waals surface area contributed by atoms with Crippen LogP contribution in [0.4, 0.5) is 0 Å². The summed E-state index contributed by atoms with van der Waals surface area (Å²) in [6, 6.07) is 14.4. The summed E-state index contributed by atoms with van der Waals surface area (Å²) in [5, 5.41) is 18.7. The van der Waals surface area contributed by atoms with Crippen LogP contribution in [0.25, 0.3) is 5.69 Å². The largest absolute Gasteiger partial charge is 0.331 e. The Morgan fingerprint density at radius 3 is 2.62 bits per heavy atom. The number of aromatic nitrogens is 5. The lowest BCUT2D eigenvalue weighted by Crippen LogP contribution is -2.45. The van der Waals surface area contributed by atoms with Gasteiger partial charge in [-0.25, -0.2) is 9.67 Å². The van der Waals surface area contributed by atoms with Gasteiger partial charge in [0, 0.05) is 30.1 Å². The van der Waals surface area contributed by atoms with E-state index in [-0.39, 0.29) is 42.0 Å². The molecular weight excluding hydrogens is 528 g/mol. The molecule has 0 saturated carbocycles. The Labute approximate surface area is 236 Å². The molecule has 2 aromatic carbocycles. The molecule has 2 amide bonds. The molecule has 0 spiro atoms. The molecule has 2 aliphatic heterocycles. The second kappa shape index (κ2) is 9.92. The van der Waals surface area contributed by atoms with E-state index in [1.807, 2.05) is 53.8 Å². The molecule has 40 heavy (non-hydrogen) atoms. The van der Waals surface area contributed by atoms with Crippen molar-refractivity contribution in [1.29, 1.82) is 5.26 Å². The number of hydrogen-bond acceptors (Lipinski definition) is 6. The fraction of sp³-hybridized carbons (Fsp3) is 0.310. The van der Waals surface area contributed by atoms with E-state index in [0.717, 1.165) is 22.5 Å². The van der Waals surface area contributed by atoms with Crippen LogP contribution in [0.3, 0.4) is 0 Å². The SMILES string of the molecule is C[C@@H]1Cc2nn3c(c2CN1C(=O)c1ccc(Cl)c(C#N)c1)C(=O)N([C@H](C)c1ccc(-n2cncn2)cc1)C[C@H]3C. The van der Waals surface area contributed by atoms with Gasteiger partial charge < -0.3 is 9.80 Å². The van der Waals surface area contributed by atoms with E-state index >= 15 is 0 Å². The highest BCUT2D eigenvalue weighted by Gasteiger charge is 2.40. The summed E-state index contributed by atoms with van der Waals surface area (Å²) in [7, 11) is 0. The number of amides is 2. The van der Waals surface area contributed by atoms with E-state index in [2.05, 4.69) is 17.0 Å². The molecule has 4 aromatic rings. The molecule has 3 atom stereocenters. The maximum absolute atomic E-state index is 14.0. The normalized spacial score (nSPS) is 19.1. The molecule has 11 heteroatoms. The van der Waals surface area contributed by atoms with Crippen molar-refractivity contribution in [3.8, 4) is 11.8 Å². The first-order valence-corrected chi connectivity index (χ1v) is 13.5. The molecule has 4 heterocycles. The Bertz CT molecular complexity index is 1650. The maximum Gasteiger partial charge on any atom is 0.273 e. The second-order valence-electron chi connectivity index (χ2n) is 10.4. The number of nitriles is 1. The van der Waals surface area contributed by atoms with Crippen molar-refractivity contribution in [3.05, 3.63) is 93.8 Å². The van der Waals surface area contributed by atoms with Crippen molar-refractivity contribution in [2.24, 2.45) is 0 Å². The summed E-state index contributed by atoms with van der Waals surface area (Å²) in [6.45, 7) is 6.86. The van der Waals surface area contributed by atoms with E-state index in [4.69, 9.17) is 16.7 Å². The lowest BCUT2D eigenvalue weighted by atomic mass is 9.96. The van der Waals surface area contributed by atoms with Gasteiger partial charge in [0.15, 0.2) is 0 Å². The smallest absolute Gasteiger partial charge is 0.273 e. The Morgan fingerprint density at radius 2 is 1.93 bits per heavy atom. The molecule has 10 nitrogen and oxygen atoms in total. The van der Waals surface area contributed by atoms with Gasteiger partial charge in [0.1, 0.15) is 24.4 Å². The molecule has 0 saturated heterocycles. The first-order valence-electron chi connectivity index (χ1n) is 13.1. The third-order valence-electron chi connectivity index (χ3n) is 7.90. The van der Waals surface area contributed by atoms with Crippen LogP contribution >= 0.6 is 11.6 Å². The first-order chi connectivity index (χ1) is 19.3. The monoisotopic (exact) mass is 554 g/mol. The van der Waals surface area contributed by atoms with Gasteiger partial charge in [0.05, 0.1) is 40.6 Å². The Hall–Kier alpha value is -4.49. The topological polar surface area (TPSA) is 113 Å². The lowest BCUT2D eigenvalue weighted by molar-refractivity contribution is 0.0574. The third-order valence-corrected chi connectivity index (χ3v) is 8.23. The quantitative estimate of drug-likeness (QED) is 0.370. The summed E-state index contributed by atoms with van der Waals surface area (Å²) < 4.78 is 3.52. The van der Waals surface area contributed by atoms with Gasteiger partial charge >= 0.3 is 0 Å². The molecule has 0 N–H and O–H groups in total. The van der Waals surface area contributed by atoms with Crippen LogP contribution in [0.5, 0.6) is 0 Å². The van der Waals surface area contributed by atoms with E-state index in [9.17, 15) is 14.9 Å². The van der Waals surface area contributed by atoms with Gasteiger partial charge in [-0.05, 0) is 56.7 Å². The van der Waals surface area contributed by atoms with Crippen LogP contribution < -0.4 is 0 Å². The van der Waals surface area contributed by atoms with Gasteiger partial charge in [-0.1, -0.05) is 23.7 Å². The van der Waals surface area contributed by atoms with Gasteiger partial charge in [-0.3, -0.25) is 14.3 Å². The summed E-state index contributed by atoms with van der Waals surface area (Å²) in [6.07, 6.45) is 3.67. The standard InChI is InChI=1S/C29H27ClN8O2/c1-17-10-26-24(14-35(17)28(39)21-6-9-25(30)22(11-21)12-31)27-29(40)36(13-18(2)38(27)34-26)19(3)20-4-7-23(8-5-20)37-16-32-15-33-37/h4-9,11,15-19H,10,13-14H2,1-3H3/t17-,18-,19-/m1/s1. The number of carbonyl (C=O) groups is 2. The second-order valence-corrected chi connectivity index (χ2v) is 10.8. The number of carbonyl (C=O) groups excluding carboxylic acids is 2. The average Bonchev–Trinajstić information content (AvgIpc) is 3.63. The molecule has 6 rings (SSSR count). The fourth-order valence-electron chi connectivity index (χ4n) is 5.63. The Balaban J connectivity index is 1.29. The van der Waals surface area contributed by atoms with Crippen molar-refractivity contribution < 1.29 is 9.59 Å². The van der Waals surface area contributed by atoms with Crippen LogP contribution in [-0.2, 0) is 13.0 Å². The predicted molar refractivity (Wildman–Crippen MR) is 147 cm³/mol. The highest BCUT2D eigenvalue weighted by atomic mass is 35.5. The highest BCUT2D eigenvalue weighted by molar-refractivity contribution is 6.31. The average molecular weight is 555 g/mol. The van der Waals surface area contributed by atoms with E-state index in [0.29, 0.717) is 29.2 Å². The zero-order chi connectivity index (χ0) is 28.1. The fourth-order valence-corrected chi connectivity index (χ4v) is 5.79. The van der Waals surface area contributed by atoms with E-state index < -0.39 is 0 Å². The molecule has 0 bridgehead atoms. The van der Waals surface area contributed by atoms with Crippen molar-refractivity contribution in [2.45, 2.75) is 51.9 Å². The van der Waals surface area contributed by atoms with Gasteiger partial charge in [-0.2, -0.15) is 15.5 Å². The van der Waals surface area contributed by atoms with Crippen LogP contribution in [0.15, 0.2) is 55.1 Å². The van der Waals surface area contributed by atoms with Crippen LogP contribution in [0.2, 0.25) is 5.02 Å². The van der Waals surface area contributed by atoms with Gasteiger partial charge in [0.2, 0.25) is 0 Å². The van der Waals surface area contributed by atoms with E-state index in [1.165, 1.54) is 12.4 Å². The predicted octanol–water partition coefficient (Wildman–Crippen LogP) is 4.35. The first kappa shape index (κ1) is 25.8. The molecule has 2 aromatic heterocycles. The number of fused-ring (bicyclic) bond motifs is 3. The Kier molecular flexibility index (Phi) is 6.39. The number of nitrogens with zero attached hydrogens (tertiary/aromatic N) is 8. The van der Waals surface area contributed by atoms with Crippen molar-refractivity contribution in [3.63, 3.8) is 0 Å². The molecule has 0 unspecified atom stereocenters. The zero-order valence-corrected chi connectivity index (χ0v) is 23.1. The number of hydrogen-bond donors (Lipinski definition) is 0.